The van der Waals surface area contributed by atoms with E-state index in [1.807, 2.05) is 11.8 Å². The highest BCUT2D eigenvalue weighted by atomic mass is 32.2. The second kappa shape index (κ2) is 10.4. The number of nitrogens with zero attached hydrogens (tertiary/aromatic N) is 1. The minimum atomic E-state index is 1.18. The number of thiocyanates is 1. The van der Waals surface area contributed by atoms with E-state index < -0.39 is 0 Å². The molecule has 0 amide bonds. The van der Waals surface area contributed by atoms with Crippen molar-refractivity contribution in [2.75, 3.05) is 5.75 Å². The Morgan fingerprint density at radius 1 is 0.947 bits per heavy atom. The molecule has 0 spiro atoms. The van der Waals surface area contributed by atoms with Crippen LogP contribution in [0.2, 0.25) is 0 Å². The molecule has 0 heterocycles. The summed E-state index contributed by atoms with van der Waals surface area (Å²) in [4.78, 5) is 1.37. The van der Waals surface area contributed by atoms with Gasteiger partial charge in [0, 0.05) is 4.90 Å². The van der Waals surface area contributed by atoms with Crippen LogP contribution in [0.3, 0.4) is 0 Å². The highest BCUT2D eigenvalue weighted by molar-refractivity contribution is 7.99. The van der Waals surface area contributed by atoms with E-state index in [9.17, 15) is 0 Å². The molecular weight excluding hydrogens is 270 g/mol. The van der Waals surface area contributed by atoms with E-state index in [0.29, 0.717) is 0 Å². The molecule has 2 aromatic carbocycles. The van der Waals surface area contributed by atoms with E-state index in [1.165, 1.54) is 34.5 Å². The summed E-state index contributed by atoms with van der Waals surface area (Å²) in [5.41, 5.74) is 1.44. The highest BCUT2D eigenvalue weighted by Crippen LogP contribution is 2.18. The lowest BCUT2D eigenvalue weighted by Gasteiger charge is -2.02. The minimum absolute atomic E-state index is 1.18. The lowest BCUT2D eigenvalue weighted by Crippen LogP contribution is -1.87. The zero-order chi connectivity index (χ0) is 13.8. The molecule has 0 aliphatic heterocycles. The smallest absolute Gasteiger partial charge is 0.00719 e. The van der Waals surface area contributed by atoms with E-state index in [1.54, 1.807) is 0 Å². The van der Waals surface area contributed by atoms with Crippen LogP contribution in [0.5, 0.6) is 0 Å². The topological polar surface area (TPSA) is 23.8 Å². The van der Waals surface area contributed by atoms with Crippen LogP contribution in [-0.2, 0) is 19.0 Å². The van der Waals surface area contributed by atoms with Gasteiger partial charge in [-0.25, -0.2) is 5.26 Å². The van der Waals surface area contributed by atoms with Crippen molar-refractivity contribution < 1.29 is 0 Å². The van der Waals surface area contributed by atoms with Crippen LogP contribution in [0.4, 0.5) is 0 Å². The molecule has 98 valence electrons. The summed E-state index contributed by atoms with van der Waals surface area (Å²) in [6.45, 7) is 0. The first-order chi connectivity index (χ1) is 9.36. The number of thioether (sulfide) groups is 1. The molecule has 0 fully saturated rings. The Hall–Kier alpha value is -1.50. The van der Waals surface area contributed by atoms with Gasteiger partial charge in [-0.2, -0.15) is 0 Å². The normalized spacial score (nSPS) is 9.00. The first kappa shape index (κ1) is 15.6. The van der Waals surface area contributed by atoms with Gasteiger partial charge in [0.05, 0.1) is 0 Å². The third kappa shape index (κ3) is 7.50. The molecular formula is C16H16NS2-. The van der Waals surface area contributed by atoms with E-state index in [0.717, 1.165) is 0 Å². The molecule has 0 radical (unpaired) electrons. The van der Waals surface area contributed by atoms with Gasteiger partial charge in [0.15, 0.2) is 0 Å². The standard InChI is InChI=1S/C15H16S.CHNS/c1-3-8-14(9-4-1)10-7-13-16-15-11-5-2-6-12-15;2-1-3/h1-6,8-9,11-12H,7,10,13H2;3H/p-1. The molecule has 0 unspecified atom stereocenters. The second-order valence-electron chi connectivity index (χ2n) is 3.84. The van der Waals surface area contributed by atoms with Gasteiger partial charge in [0.2, 0.25) is 0 Å². The van der Waals surface area contributed by atoms with E-state index in [-0.39, 0.29) is 0 Å². The Morgan fingerprint density at radius 2 is 1.47 bits per heavy atom. The third-order valence-electron chi connectivity index (χ3n) is 2.46. The van der Waals surface area contributed by atoms with Gasteiger partial charge in [-0.3, -0.25) is 0 Å². The fourth-order valence-electron chi connectivity index (χ4n) is 1.63. The molecule has 2 rings (SSSR count). The third-order valence-corrected chi connectivity index (χ3v) is 3.56. The Morgan fingerprint density at radius 3 is 2.05 bits per heavy atom. The molecule has 19 heavy (non-hydrogen) atoms. The summed E-state index contributed by atoms with van der Waals surface area (Å²) in [7, 11) is 0. The molecule has 0 bridgehead atoms. The average molecular weight is 286 g/mol. The summed E-state index contributed by atoms with van der Waals surface area (Å²) in [5, 5.41) is 8.47. The fraction of sp³-hybridized carbons (Fsp3) is 0.188. The van der Waals surface area contributed by atoms with Crippen LogP contribution in [0.25, 0.3) is 0 Å². The zero-order valence-electron chi connectivity index (χ0n) is 10.7. The quantitative estimate of drug-likeness (QED) is 0.352. The van der Waals surface area contributed by atoms with Gasteiger partial charge in [0.25, 0.3) is 0 Å². The molecule has 0 atom stereocenters. The molecule has 0 aliphatic carbocycles. The second-order valence-corrected chi connectivity index (χ2v) is 5.19. The van der Waals surface area contributed by atoms with Crippen molar-refractivity contribution in [2.45, 2.75) is 17.7 Å². The Labute approximate surface area is 125 Å². The van der Waals surface area contributed by atoms with Crippen molar-refractivity contribution in [3.63, 3.8) is 0 Å². The lowest BCUT2D eigenvalue weighted by atomic mass is 10.1. The molecule has 3 heteroatoms. The fourth-order valence-corrected chi connectivity index (χ4v) is 2.50. The van der Waals surface area contributed by atoms with Crippen molar-refractivity contribution in [3.05, 3.63) is 66.2 Å². The van der Waals surface area contributed by atoms with Crippen molar-refractivity contribution >= 4 is 24.4 Å². The van der Waals surface area contributed by atoms with Crippen LogP contribution < -0.4 is 0 Å². The highest BCUT2D eigenvalue weighted by Gasteiger charge is 1.94. The van der Waals surface area contributed by atoms with E-state index in [2.05, 4.69) is 73.3 Å². The van der Waals surface area contributed by atoms with Crippen LogP contribution in [-0.4, -0.2) is 5.75 Å². The molecule has 0 aromatic heterocycles. The lowest BCUT2D eigenvalue weighted by molar-refractivity contribution is 0.933. The Kier molecular flexibility index (Phi) is 8.54. The summed E-state index contributed by atoms with van der Waals surface area (Å²) in [5.74, 6) is 1.19. The Balaban J connectivity index is 0.000000550. The molecule has 0 aliphatic rings. The van der Waals surface area contributed by atoms with Gasteiger partial charge in [-0.15, -0.1) is 11.8 Å². The number of rotatable bonds is 5. The van der Waals surface area contributed by atoms with E-state index >= 15 is 0 Å². The predicted octanol–water partition coefficient (Wildman–Crippen LogP) is 4.43. The number of benzene rings is 2. The maximum atomic E-state index is 7.13. The summed E-state index contributed by atoms with van der Waals surface area (Å²) < 4.78 is 0. The molecule has 0 saturated heterocycles. The summed E-state index contributed by atoms with van der Waals surface area (Å²) in [6.07, 6.45) is 2.42. The van der Waals surface area contributed by atoms with Crippen molar-refractivity contribution in [2.24, 2.45) is 0 Å². The monoisotopic (exact) mass is 286 g/mol. The van der Waals surface area contributed by atoms with Gasteiger partial charge in [-0.1, -0.05) is 53.9 Å². The van der Waals surface area contributed by atoms with E-state index in [4.69, 9.17) is 5.26 Å². The van der Waals surface area contributed by atoms with Crippen molar-refractivity contribution in [3.8, 4) is 5.40 Å². The first-order valence-corrected chi connectivity index (χ1v) is 7.49. The van der Waals surface area contributed by atoms with Gasteiger partial charge in [0.1, 0.15) is 0 Å². The number of hydrogen-bond donors (Lipinski definition) is 0. The summed E-state index contributed by atoms with van der Waals surface area (Å²) in [6, 6.07) is 21.3. The first-order valence-electron chi connectivity index (χ1n) is 6.10. The number of hydrogen-bond acceptors (Lipinski definition) is 3. The zero-order valence-corrected chi connectivity index (χ0v) is 12.3. The van der Waals surface area contributed by atoms with Crippen LogP contribution >= 0.6 is 11.8 Å². The summed E-state index contributed by atoms with van der Waals surface area (Å²) >= 11 is 5.64. The Bertz CT molecular complexity index is 436. The van der Waals surface area contributed by atoms with Crippen LogP contribution in [0.15, 0.2) is 65.6 Å². The van der Waals surface area contributed by atoms with Crippen molar-refractivity contribution in [1.82, 2.24) is 0 Å². The molecule has 2 aromatic rings. The minimum Gasteiger partial charge on any atom is -0.696 e. The van der Waals surface area contributed by atoms with Gasteiger partial charge < -0.3 is 12.6 Å². The largest absolute Gasteiger partial charge is 0.696 e. The van der Waals surface area contributed by atoms with Crippen LogP contribution in [0, 0.1) is 10.7 Å². The average Bonchev–Trinajstić information content (AvgIpc) is 2.47. The molecule has 0 saturated carbocycles. The maximum absolute atomic E-state index is 7.13. The van der Waals surface area contributed by atoms with Crippen molar-refractivity contribution in [1.29, 1.82) is 5.26 Å². The van der Waals surface area contributed by atoms with Gasteiger partial charge in [-0.05, 0) is 36.3 Å². The number of nitriles is 1. The molecule has 0 N–H and O–H groups in total. The van der Waals surface area contributed by atoms with Crippen LogP contribution in [0.1, 0.15) is 12.0 Å². The number of aryl methyl sites for hydroxylation is 1. The SMILES string of the molecule is N#C[S-].c1ccc(CCCSc2ccccc2)cc1. The molecule has 1 nitrogen and oxygen atoms in total. The predicted molar refractivity (Wildman–Crippen MR) is 84.9 cm³/mol. The maximum Gasteiger partial charge on any atom is 0.00719 e. The van der Waals surface area contributed by atoms with Gasteiger partial charge >= 0.3 is 0 Å².